The molecule has 0 aliphatic carbocycles. The molecule has 1 amide bonds. The molecule has 0 saturated carbocycles. The number of alkyl carbamates (subject to hydrolysis) is 1. The van der Waals surface area contributed by atoms with Crippen LogP contribution in [0.5, 0.6) is 0 Å². The van der Waals surface area contributed by atoms with E-state index in [2.05, 4.69) is 5.32 Å². The van der Waals surface area contributed by atoms with Crippen LogP contribution in [-0.2, 0) is 30.5 Å². The Kier molecular flexibility index (Phi) is 9.26. The zero-order valence-corrected chi connectivity index (χ0v) is 15.3. The lowest BCUT2D eigenvalue weighted by Gasteiger charge is -2.21. The largest absolute Gasteiger partial charge is 0.481 e. The van der Waals surface area contributed by atoms with Crippen molar-refractivity contribution in [1.29, 1.82) is 0 Å². The van der Waals surface area contributed by atoms with Gasteiger partial charge in [0.2, 0.25) is 0 Å². The second-order valence-corrected chi connectivity index (χ2v) is 6.16. The number of nitrogens with one attached hydrogen (secondary N) is 1. The highest BCUT2D eigenvalue weighted by Gasteiger charge is 2.36. The molecule has 3 atom stereocenters. The molecular weight excluding hydrogens is 388 g/mol. The molecule has 6 N–H and O–H groups in total. The number of carboxylic acid groups (broad SMARTS) is 3. The molecule has 0 heterocycles. The Balaban J connectivity index is 2.86. The van der Waals surface area contributed by atoms with Gasteiger partial charge in [0.05, 0.1) is 6.04 Å². The molecule has 11 heteroatoms. The van der Waals surface area contributed by atoms with Crippen molar-refractivity contribution in [1.82, 2.24) is 5.32 Å². The van der Waals surface area contributed by atoms with E-state index in [9.17, 15) is 29.1 Å². The lowest BCUT2D eigenvalue weighted by atomic mass is 9.90. The molecule has 158 valence electrons. The standard InChI is InChI=1S/C18H22N2O9/c19-12(17(26)27)8-11(16(24)25)15(23)13(6-7-14(21)22)20-18(28)29-9-10-4-2-1-3-5-10/h1-5,11-13H,6-9,19H2,(H,20,28)(H,21,22)(H,24,25)(H,26,27)/t11?,12-,13-/m1/s1. The molecule has 1 unspecified atom stereocenters. The number of carbonyl (C=O) groups is 5. The number of ketones is 1. The van der Waals surface area contributed by atoms with Crippen LogP contribution in [0.3, 0.4) is 0 Å². The van der Waals surface area contributed by atoms with Crippen molar-refractivity contribution in [3.8, 4) is 0 Å². The molecule has 0 fully saturated rings. The van der Waals surface area contributed by atoms with E-state index in [0.29, 0.717) is 5.56 Å². The van der Waals surface area contributed by atoms with Gasteiger partial charge in [0.25, 0.3) is 0 Å². The molecule has 0 bridgehead atoms. The third-order valence-electron chi connectivity index (χ3n) is 3.94. The van der Waals surface area contributed by atoms with Crippen molar-refractivity contribution < 1.29 is 44.0 Å². The third-order valence-corrected chi connectivity index (χ3v) is 3.94. The first kappa shape index (κ1) is 23.6. The minimum atomic E-state index is -1.84. The predicted octanol–water partition coefficient (Wildman–Crippen LogP) is 0.218. The fourth-order valence-electron chi connectivity index (χ4n) is 2.40. The van der Waals surface area contributed by atoms with Crippen molar-refractivity contribution in [3.05, 3.63) is 35.9 Å². The summed E-state index contributed by atoms with van der Waals surface area (Å²) in [6, 6.07) is 5.46. The highest BCUT2D eigenvalue weighted by Crippen LogP contribution is 2.14. The number of nitrogens with two attached hydrogens (primary N) is 1. The van der Waals surface area contributed by atoms with E-state index >= 15 is 0 Å². The molecule has 0 saturated heterocycles. The van der Waals surface area contributed by atoms with E-state index in [4.69, 9.17) is 20.7 Å². The quantitative estimate of drug-likeness (QED) is 0.297. The van der Waals surface area contributed by atoms with Gasteiger partial charge in [-0.1, -0.05) is 30.3 Å². The van der Waals surface area contributed by atoms with Crippen LogP contribution in [0.2, 0.25) is 0 Å². The summed E-state index contributed by atoms with van der Waals surface area (Å²) >= 11 is 0. The second kappa shape index (κ2) is 11.4. The zero-order chi connectivity index (χ0) is 22.0. The molecule has 0 aliphatic heterocycles. The van der Waals surface area contributed by atoms with Crippen LogP contribution < -0.4 is 11.1 Å². The number of hydrogen-bond donors (Lipinski definition) is 5. The van der Waals surface area contributed by atoms with E-state index in [1.165, 1.54) is 0 Å². The van der Waals surface area contributed by atoms with Crippen LogP contribution in [0.15, 0.2) is 30.3 Å². The molecule has 0 aliphatic rings. The maximum atomic E-state index is 12.6. The summed E-state index contributed by atoms with van der Waals surface area (Å²) in [6.45, 7) is -0.126. The molecule has 1 aromatic rings. The van der Waals surface area contributed by atoms with Gasteiger partial charge < -0.3 is 31.1 Å². The number of hydrogen-bond acceptors (Lipinski definition) is 7. The van der Waals surface area contributed by atoms with Gasteiger partial charge in [0.15, 0.2) is 5.78 Å². The Morgan fingerprint density at radius 2 is 1.62 bits per heavy atom. The summed E-state index contributed by atoms with van der Waals surface area (Å²) in [4.78, 5) is 57.7. The Labute approximate surface area is 165 Å². The first-order valence-electron chi connectivity index (χ1n) is 8.55. The van der Waals surface area contributed by atoms with E-state index in [1.807, 2.05) is 0 Å². The second-order valence-electron chi connectivity index (χ2n) is 6.16. The highest BCUT2D eigenvalue weighted by atomic mass is 16.5. The SMILES string of the molecule is N[C@H](CC(C(=O)O)C(=O)[C@@H](CCC(=O)O)NC(=O)OCc1ccccc1)C(=O)O. The lowest BCUT2D eigenvalue weighted by Crippen LogP contribution is -2.47. The van der Waals surface area contributed by atoms with Crippen molar-refractivity contribution >= 4 is 29.8 Å². The molecular formula is C18H22N2O9. The first-order chi connectivity index (χ1) is 13.6. The monoisotopic (exact) mass is 410 g/mol. The van der Waals surface area contributed by atoms with E-state index in [1.54, 1.807) is 30.3 Å². The zero-order valence-electron chi connectivity index (χ0n) is 15.3. The van der Waals surface area contributed by atoms with Crippen LogP contribution in [0.25, 0.3) is 0 Å². The van der Waals surface area contributed by atoms with Crippen molar-refractivity contribution in [3.63, 3.8) is 0 Å². The maximum absolute atomic E-state index is 12.6. The van der Waals surface area contributed by atoms with Crippen LogP contribution in [0, 0.1) is 5.92 Å². The number of ether oxygens (including phenoxy) is 1. The number of aliphatic carboxylic acids is 3. The minimum absolute atomic E-state index is 0.126. The Morgan fingerprint density at radius 3 is 2.14 bits per heavy atom. The van der Waals surface area contributed by atoms with E-state index in [0.717, 1.165) is 0 Å². The average Bonchev–Trinajstić information content (AvgIpc) is 2.67. The van der Waals surface area contributed by atoms with E-state index < -0.39 is 67.0 Å². The maximum Gasteiger partial charge on any atom is 0.408 e. The number of benzene rings is 1. The van der Waals surface area contributed by atoms with E-state index in [-0.39, 0.29) is 6.61 Å². The summed E-state index contributed by atoms with van der Waals surface area (Å²) in [5, 5.41) is 29.1. The summed E-state index contributed by atoms with van der Waals surface area (Å²) in [6.07, 6.45) is -2.70. The Bertz CT molecular complexity index is 751. The van der Waals surface area contributed by atoms with Gasteiger partial charge in [0, 0.05) is 6.42 Å². The average molecular weight is 410 g/mol. The van der Waals surface area contributed by atoms with Gasteiger partial charge in [0.1, 0.15) is 18.6 Å². The summed E-state index contributed by atoms with van der Waals surface area (Å²) in [5.41, 5.74) is 5.97. The summed E-state index contributed by atoms with van der Waals surface area (Å²) in [7, 11) is 0. The molecule has 11 nitrogen and oxygen atoms in total. The van der Waals surface area contributed by atoms with Crippen LogP contribution in [0.4, 0.5) is 4.79 Å². The number of rotatable bonds is 12. The fourth-order valence-corrected chi connectivity index (χ4v) is 2.40. The summed E-state index contributed by atoms with van der Waals surface area (Å²) < 4.78 is 4.96. The van der Waals surface area contributed by atoms with Crippen LogP contribution >= 0.6 is 0 Å². The van der Waals surface area contributed by atoms with Gasteiger partial charge in [-0.25, -0.2) is 4.79 Å². The minimum Gasteiger partial charge on any atom is -0.481 e. The normalized spacial score (nSPS) is 13.6. The fraction of sp³-hybridized carbons (Fsp3) is 0.389. The Hall–Kier alpha value is -3.47. The molecule has 1 aromatic carbocycles. The third kappa shape index (κ3) is 8.39. The van der Waals surface area contributed by atoms with Gasteiger partial charge in [-0.3, -0.25) is 19.2 Å². The van der Waals surface area contributed by atoms with Gasteiger partial charge >= 0.3 is 24.0 Å². The molecule has 0 aromatic heterocycles. The van der Waals surface area contributed by atoms with Crippen LogP contribution in [-0.4, -0.2) is 57.2 Å². The van der Waals surface area contributed by atoms with Gasteiger partial charge in [-0.15, -0.1) is 0 Å². The predicted molar refractivity (Wildman–Crippen MR) is 96.8 cm³/mol. The molecule has 29 heavy (non-hydrogen) atoms. The smallest absolute Gasteiger partial charge is 0.408 e. The molecule has 0 radical (unpaired) electrons. The topological polar surface area (TPSA) is 193 Å². The lowest BCUT2D eigenvalue weighted by molar-refractivity contribution is -0.148. The molecule has 0 spiro atoms. The van der Waals surface area contributed by atoms with Crippen molar-refractivity contribution in [2.45, 2.75) is 38.0 Å². The number of amides is 1. The number of Topliss-reactive ketones (excluding diaryl/α,β-unsaturated/α-hetero) is 1. The summed E-state index contributed by atoms with van der Waals surface area (Å²) in [5.74, 6) is -7.30. The highest BCUT2D eigenvalue weighted by molar-refractivity contribution is 6.02. The van der Waals surface area contributed by atoms with Gasteiger partial charge in [-0.05, 0) is 18.4 Å². The Morgan fingerprint density at radius 1 is 1.00 bits per heavy atom. The first-order valence-corrected chi connectivity index (χ1v) is 8.55. The van der Waals surface area contributed by atoms with Crippen LogP contribution in [0.1, 0.15) is 24.8 Å². The van der Waals surface area contributed by atoms with Gasteiger partial charge in [-0.2, -0.15) is 0 Å². The number of carbonyl (C=O) groups excluding carboxylic acids is 2. The van der Waals surface area contributed by atoms with Crippen molar-refractivity contribution in [2.75, 3.05) is 0 Å². The number of carboxylic acids is 3. The molecule has 1 rings (SSSR count). The van der Waals surface area contributed by atoms with Crippen molar-refractivity contribution in [2.24, 2.45) is 11.7 Å².